The number of sulfone groups is 1. The van der Waals surface area contributed by atoms with E-state index in [9.17, 15) is 13.2 Å². The Hall–Kier alpha value is -1.37. The predicted molar refractivity (Wildman–Crippen MR) is 70.2 cm³/mol. The molecule has 0 aromatic carbocycles. The summed E-state index contributed by atoms with van der Waals surface area (Å²) in [5.41, 5.74) is 0.753. The summed E-state index contributed by atoms with van der Waals surface area (Å²) in [7, 11) is -3.39. The molecule has 6 nitrogen and oxygen atoms in total. The molecular weight excluding hydrogens is 254 g/mol. The molecule has 0 radical (unpaired) electrons. The summed E-state index contributed by atoms with van der Waals surface area (Å²) >= 11 is 0. The van der Waals surface area contributed by atoms with Crippen molar-refractivity contribution in [3.8, 4) is 0 Å². The topological polar surface area (TPSA) is 91.9 Å². The third kappa shape index (κ3) is 3.56. The number of carbonyl (C=O) groups is 1. The highest BCUT2D eigenvalue weighted by Gasteiger charge is 2.24. The van der Waals surface area contributed by atoms with Crippen molar-refractivity contribution >= 4 is 21.6 Å². The van der Waals surface area contributed by atoms with Crippen molar-refractivity contribution < 1.29 is 13.2 Å². The number of amides is 1. The fraction of sp³-hybridized carbons (Fsp3) is 0.636. The Balaban J connectivity index is 2.81. The number of nitrogens with one attached hydrogen (secondary N) is 2. The molecule has 0 bridgehead atoms. The van der Waals surface area contributed by atoms with Gasteiger partial charge in [-0.3, -0.25) is 9.89 Å². The maximum absolute atomic E-state index is 11.7. The maximum Gasteiger partial charge on any atom is 0.243 e. The predicted octanol–water partition coefficient (Wildman–Crippen LogP) is 1.08. The summed E-state index contributed by atoms with van der Waals surface area (Å²) in [6, 6.07) is 1.70. The number of carbonyl (C=O) groups excluding carboxylic acids is 1. The molecule has 0 fully saturated rings. The minimum Gasteiger partial charge on any atom is -0.308 e. The molecular formula is C11H19N3O3S. The minimum atomic E-state index is -3.39. The van der Waals surface area contributed by atoms with Crippen LogP contribution in [0.5, 0.6) is 0 Å². The highest BCUT2D eigenvalue weighted by Crippen LogP contribution is 2.22. The summed E-state index contributed by atoms with van der Waals surface area (Å²) in [4.78, 5) is 11.7. The summed E-state index contributed by atoms with van der Waals surface area (Å²) in [5, 5.41) is 8.14. The van der Waals surface area contributed by atoms with Crippen LogP contribution in [0, 0.1) is 0 Å². The van der Waals surface area contributed by atoms with Gasteiger partial charge in [-0.05, 0) is 6.92 Å². The van der Waals surface area contributed by atoms with E-state index in [0.717, 1.165) is 11.9 Å². The third-order valence-electron chi connectivity index (χ3n) is 2.65. The monoisotopic (exact) mass is 273 g/mol. The number of hydrogen-bond donors (Lipinski definition) is 2. The van der Waals surface area contributed by atoms with Crippen molar-refractivity contribution in [2.24, 2.45) is 0 Å². The van der Waals surface area contributed by atoms with Crippen molar-refractivity contribution in [2.75, 3.05) is 11.6 Å². The second-order valence-corrected chi connectivity index (χ2v) is 7.74. The van der Waals surface area contributed by atoms with Crippen molar-refractivity contribution in [3.63, 3.8) is 0 Å². The first-order valence-electron chi connectivity index (χ1n) is 5.57. The SMILES string of the molecule is C[C@@H](C(=O)Nc1cc(C(C)(C)C)[nH]n1)S(C)(=O)=O. The molecule has 102 valence electrons. The Bertz CT molecular complexity index is 540. The largest absolute Gasteiger partial charge is 0.308 e. The Kier molecular flexibility index (Phi) is 3.85. The highest BCUT2D eigenvalue weighted by molar-refractivity contribution is 7.92. The molecule has 0 aliphatic heterocycles. The van der Waals surface area contributed by atoms with Crippen molar-refractivity contribution in [2.45, 2.75) is 38.4 Å². The Labute approximate surface area is 107 Å². The molecule has 7 heteroatoms. The van der Waals surface area contributed by atoms with Gasteiger partial charge in [-0.1, -0.05) is 20.8 Å². The molecule has 0 spiro atoms. The number of aromatic nitrogens is 2. The fourth-order valence-electron chi connectivity index (χ4n) is 1.19. The minimum absolute atomic E-state index is 0.113. The van der Waals surface area contributed by atoms with Crippen LogP contribution in [0.1, 0.15) is 33.4 Å². The number of aromatic amines is 1. The lowest BCUT2D eigenvalue weighted by Crippen LogP contribution is -2.31. The van der Waals surface area contributed by atoms with Crippen molar-refractivity contribution in [1.29, 1.82) is 0 Å². The molecule has 1 aromatic rings. The molecule has 1 rings (SSSR count). The number of hydrogen-bond acceptors (Lipinski definition) is 4. The summed E-state index contributed by atoms with van der Waals surface area (Å²) in [5.74, 6) is -0.245. The van der Waals surface area contributed by atoms with Crippen LogP contribution >= 0.6 is 0 Å². The fourth-order valence-corrected chi connectivity index (χ4v) is 1.64. The van der Waals surface area contributed by atoms with Crippen LogP contribution in [0.15, 0.2) is 6.07 Å². The number of H-pyrrole nitrogens is 1. The number of nitrogens with zero attached hydrogens (tertiary/aromatic N) is 1. The number of anilines is 1. The molecule has 1 aromatic heterocycles. The quantitative estimate of drug-likeness (QED) is 0.862. The standard InChI is InChI=1S/C11H19N3O3S/c1-7(18(5,16)17)10(15)12-9-6-8(13-14-9)11(2,3)4/h6-7H,1-5H3,(H2,12,13,14,15)/t7-/m0/s1. The average Bonchev–Trinajstić information content (AvgIpc) is 2.62. The van der Waals surface area contributed by atoms with Gasteiger partial charge in [0.15, 0.2) is 15.7 Å². The van der Waals surface area contributed by atoms with Gasteiger partial charge in [-0.25, -0.2) is 8.42 Å². The van der Waals surface area contributed by atoms with Gasteiger partial charge in [0.2, 0.25) is 5.91 Å². The van der Waals surface area contributed by atoms with Crippen LogP contribution in [-0.2, 0) is 20.0 Å². The molecule has 0 aliphatic rings. The van der Waals surface area contributed by atoms with Crippen molar-refractivity contribution in [1.82, 2.24) is 10.2 Å². The first kappa shape index (κ1) is 14.7. The average molecular weight is 273 g/mol. The molecule has 0 aliphatic carbocycles. The summed E-state index contributed by atoms with van der Waals surface area (Å²) < 4.78 is 22.5. The second kappa shape index (κ2) is 4.72. The van der Waals surface area contributed by atoms with Gasteiger partial charge >= 0.3 is 0 Å². The van der Waals surface area contributed by atoms with Gasteiger partial charge in [0, 0.05) is 23.4 Å². The van der Waals surface area contributed by atoms with Gasteiger partial charge in [-0.2, -0.15) is 5.10 Å². The lowest BCUT2D eigenvalue weighted by atomic mass is 9.92. The smallest absolute Gasteiger partial charge is 0.243 e. The van der Waals surface area contributed by atoms with E-state index in [-0.39, 0.29) is 5.41 Å². The van der Waals surface area contributed by atoms with E-state index in [1.165, 1.54) is 6.92 Å². The molecule has 2 N–H and O–H groups in total. The van der Waals surface area contributed by atoms with E-state index < -0.39 is 21.0 Å². The molecule has 18 heavy (non-hydrogen) atoms. The number of rotatable bonds is 3. The molecule has 0 saturated heterocycles. The van der Waals surface area contributed by atoms with Crippen LogP contribution in [0.2, 0.25) is 0 Å². The van der Waals surface area contributed by atoms with Gasteiger partial charge in [0.1, 0.15) is 5.25 Å². The molecule has 1 amide bonds. The third-order valence-corrected chi connectivity index (χ3v) is 4.15. The Morgan fingerprint density at radius 3 is 2.39 bits per heavy atom. The van der Waals surface area contributed by atoms with Crippen LogP contribution in [0.3, 0.4) is 0 Å². The van der Waals surface area contributed by atoms with Crippen LogP contribution in [0.25, 0.3) is 0 Å². The zero-order valence-electron chi connectivity index (χ0n) is 11.2. The van der Waals surface area contributed by atoms with E-state index in [0.29, 0.717) is 5.82 Å². The van der Waals surface area contributed by atoms with Crippen molar-refractivity contribution in [3.05, 3.63) is 11.8 Å². The normalized spacial score (nSPS) is 14.3. The van der Waals surface area contributed by atoms with Gasteiger partial charge in [0.05, 0.1) is 0 Å². The van der Waals surface area contributed by atoms with E-state index in [2.05, 4.69) is 15.5 Å². The Morgan fingerprint density at radius 1 is 1.44 bits per heavy atom. The highest BCUT2D eigenvalue weighted by atomic mass is 32.2. The molecule has 0 unspecified atom stereocenters. The lowest BCUT2D eigenvalue weighted by molar-refractivity contribution is -0.115. The first-order valence-corrected chi connectivity index (χ1v) is 7.53. The second-order valence-electron chi connectivity index (χ2n) is 5.38. The lowest BCUT2D eigenvalue weighted by Gasteiger charge is -2.14. The van der Waals surface area contributed by atoms with Crippen LogP contribution in [0.4, 0.5) is 5.82 Å². The first-order chi connectivity index (χ1) is 8.01. The summed E-state index contributed by atoms with van der Waals surface area (Å²) in [6.45, 7) is 7.36. The van der Waals surface area contributed by atoms with Crippen LogP contribution in [-0.4, -0.2) is 36.0 Å². The van der Waals surface area contributed by atoms with Gasteiger partial charge < -0.3 is 5.32 Å². The zero-order valence-corrected chi connectivity index (χ0v) is 12.1. The zero-order chi connectivity index (χ0) is 14.1. The molecule has 1 heterocycles. The maximum atomic E-state index is 11.7. The van der Waals surface area contributed by atoms with Gasteiger partial charge in [-0.15, -0.1) is 0 Å². The van der Waals surface area contributed by atoms with E-state index in [1.807, 2.05) is 20.8 Å². The summed E-state index contributed by atoms with van der Waals surface area (Å²) in [6.07, 6.45) is 1.03. The van der Waals surface area contributed by atoms with E-state index in [4.69, 9.17) is 0 Å². The Morgan fingerprint density at radius 2 is 2.00 bits per heavy atom. The van der Waals surface area contributed by atoms with E-state index in [1.54, 1.807) is 6.07 Å². The molecule has 1 atom stereocenters. The van der Waals surface area contributed by atoms with Crippen LogP contribution < -0.4 is 5.32 Å². The van der Waals surface area contributed by atoms with Gasteiger partial charge in [0.25, 0.3) is 0 Å². The molecule has 0 saturated carbocycles. The van der Waals surface area contributed by atoms with E-state index >= 15 is 0 Å².